The molecule has 8 heavy (non-hydrogen) atoms. The third-order valence-corrected chi connectivity index (χ3v) is 2.43. The number of carbonyl (C=O) groups is 1. The van der Waals surface area contributed by atoms with Crippen LogP contribution in [0.5, 0.6) is 0 Å². The molecule has 1 nitrogen and oxygen atoms in total. The number of hydrogen-bond donors (Lipinski definition) is 0. The van der Waals surface area contributed by atoms with Crippen LogP contribution in [-0.4, -0.2) is 11.4 Å². The fourth-order valence-corrected chi connectivity index (χ4v) is 1.61. The molecule has 0 radical (unpaired) electrons. The van der Waals surface area contributed by atoms with E-state index in [0.717, 1.165) is 0 Å². The molecule has 0 N–H and O–H groups in total. The summed E-state index contributed by atoms with van der Waals surface area (Å²) in [4.78, 5) is 10.7. The van der Waals surface area contributed by atoms with Gasteiger partial charge in [-0.3, -0.25) is 4.79 Å². The van der Waals surface area contributed by atoms with Crippen molar-refractivity contribution in [3.63, 3.8) is 0 Å². The predicted molar refractivity (Wildman–Crippen MR) is 41.0 cm³/mol. The molecule has 0 fully saturated rings. The van der Waals surface area contributed by atoms with Crippen LogP contribution < -0.4 is 0 Å². The quantitative estimate of drug-likeness (QED) is 0.562. The summed E-state index contributed by atoms with van der Waals surface area (Å²) in [5.74, 6) is 0.174. The van der Waals surface area contributed by atoms with Crippen LogP contribution in [0.2, 0.25) is 0 Å². The molecule has 0 amide bonds. The number of carbonyl (C=O) groups excluding carboxylic acids is 1. The predicted octanol–water partition coefficient (Wildman–Crippen LogP) is 2.18. The SMILES string of the molecule is CSSC(=O)C(C)C. The van der Waals surface area contributed by atoms with Crippen LogP contribution in [0.15, 0.2) is 0 Å². The highest BCUT2D eigenvalue weighted by atomic mass is 33.1. The van der Waals surface area contributed by atoms with E-state index in [4.69, 9.17) is 0 Å². The first-order valence-corrected chi connectivity index (χ1v) is 4.98. The van der Waals surface area contributed by atoms with Crippen LogP contribution in [0.3, 0.4) is 0 Å². The smallest absolute Gasteiger partial charge is 0.201 e. The van der Waals surface area contributed by atoms with Crippen molar-refractivity contribution in [3.8, 4) is 0 Å². The van der Waals surface area contributed by atoms with Gasteiger partial charge in [-0.05, 0) is 17.0 Å². The van der Waals surface area contributed by atoms with Gasteiger partial charge in [0.1, 0.15) is 0 Å². The van der Waals surface area contributed by atoms with E-state index in [1.54, 1.807) is 0 Å². The zero-order chi connectivity index (χ0) is 6.57. The summed E-state index contributed by atoms with van der Waals surface area (Å²) in [6.07, 6.45) is 1.91. The van der Waals surface area contributed by atoms with E-state index in [-0.39, 0.29) is 11.0 Å². The van der Waals surface area contributed by atoms with Crippen LogP contribution in [-0.2, 0) is 4.79 Å². The van der Waals surface area contributed by atoms with E-state index < -0.39 is 0 Å². The Morgan fingerprint density at radius 3 is 2.12 bits per heavy atom. The Morgan fingerprint density at radius 2 is 2.00 bits per heavy atom. The van der Waals surface area contributed by atoms with Crippen molar-refractivity contribution in [2.24, 2.45) is 5.92 Å². The van der Waals surface area contributed by atoms with Crippen LogP contribution in [0.1, 0.15) is 13.8 Å². The maximum Gasteiger partial charge on any atom is 0.201 e. The Balaban J connectivity index is 3.33. The third kappa shape index (κ3) is 3.38. The molecule has 0 bridgehead atoms. The lowest BCUT2D eigenvalue weighted by molar-refractivity contribution is -0.113. The maximum absolute atomic E-state index is 10.7. The van der Waals surface area contributed by atoms with Crippen molar-refractivity contribution < 1.29 is 4.79 Å². The van der Waals surface area contributed by atoms with E-state index >= 15 is 0 Å². The first kappa shape index (κ1) is 8.37. The minimum absolute atomic E-state index is 0.174. The molecule has 0 aromatic carbocycles. The summed E-state index contributed by atoms with van der Waals surface area (Å²) < 4.78 is 0. The summed E-state index contributed by atoms with van der Waals surface area (Å²) in [5, 5.41) is 0.262. The van der Waals surface area contributed by atoms with Gasteiger partial charge in [0, 0.05) is 5.92 Å². The van der Waals surface area contributed by atoms with E-state index in [2.05, 4.69) is 0 Å². The number of hydrogen-bond acceptors (Lipinski definition) is 3. The molecule has 0 rings (SSSR count). The monoisotopic (exact) mass is 150 g/mol. The second kappa shape index (κ2) is 4.27. The van der Waals surface area contributed by atoms with Crippen molar-refractivity contribution in [1.29, 1.82) is 0 Å². The lowest BCUT2D eigenvalue weighted by atomic mass is 10.3. The molecule has 0 aromatic heterocycles. The largest absolute Gasteiger partial charge is 0.286 e. The summed E-state index contributed by atoms with van der Waals surface area (Å²) in [7, 11) is 2.82. The Labute approximate surface area is 58.0 Å². The van der Waals surface area contributed by atoms with Crippen LogP contribution >= 0.6 is 21.6 Å². The van der Waals surface area contributed by atoms with Gasteiger partial charge in [0.2, 0.25) is 5.12 Å². The molecule has 0 unspecified atom stereocenters. The Morgan fingerprint density at radius 1 is 1.50 bits per heavy atom. The Bertz CT molecular complexity index is 80.5. The van der Waals surface area contributed by atoms with E-state index in [1.807, 2.05) is 20.1 Å². The molecule has 0 aliphatic heterocycles. The van der Waals surface area contributed by atoms with Crippen molar-refractivity contribution in [3.05, 3.63) is 0 Å². The average Bonchev–Trinajstić information content (AvgIpc) is 1.67. The maximum atomic E-state index is 10.7. The molecular formula is C5H10OS2. The van der Waals surface area contributed by atoms with Crippen molar-refractivity contribution in [2.75, 3.05) is 6.26 Å². The molecule has 0 aliphatic rings. The summed E-state index contributed by atoms with van der Waals surface area (Å²) in [6, 6.07) is 0. The molecular weight excluding hydrogens is 140 g/mol. The molecule has 3 heteroatoms. The van der Waals surface area contributed by atoms with Crippen molar-refractivity contribution >= 4 is 26.7 Å². The van der Waals surface area contributed by atoms with Crippen molar-refractivity contribution in [1.82, 2.24) is 0 Å². The summed E-state index contributed by atoms with van der Waals surface area (Å²) >= 11 is 0. The minimum atomic E-state index is 0.174. The van der Waals surface area contributed by atoms with Gasteiger partial charge in [0.25, 0.3) is 0 Å². The van der Waals surface area contributed by atoms with Crippen LogP contribution in [0, 0.1) is 5.92 Å². The zero-order valence-corrected chi connectivity index (χ0v) is 6.94. The van der Waals surface area contributed by atoms with Gasteiger partial charge in [-0.2, -0.15) is 0 Å². The summed E-state index contributed by atoms with van der Waals surface area (Å²) in [5.41, 5.74) is 0. The normalized spacial score (nSPS) is 10.0. The van der Waals surface area contributed by atoms with Crippen LogP contribution in [0.4, 0.5) is 0 Å². The van der Waals surface area contributed by atoms with Gasteiger partial charge >= 0.3 is 0 Å². The molecule has 0 aliphatic carbocycles. The minimum Gasteiger partial charge on any atom is -0.286 e. The molecule has 0 heterocycles. The highest BCUT2D eigenvalue weighted by molar-refractivity contribution is 8.82. The fraction of sp³-hybridized carbons (Fsp3) is 0.800. The van der Waals surface area contributed by atoms with E-state index in [1.165, 1.54) is 21.6 Å². The van der Waals surface area contributed by atoms with E-state index in [0.29, 0.717) is 0 Å². The molecule has 0 spiro atoms. The average molecular weight is 150 g/mol. The standard InChI is InChI=1S/C5H10OS2/c1-4(2)5(6)8-7-3/h4H,1-3H3. The topological polar surface area (TPSA) is 17.1 Å². The van der Waals surface area contributed by atoms with Gasteiger partial charge in [-0.15, -0.1) is 0 Å². The highest BCUT2D eigenvalue weighted by Gasteiger charge is 2.05. The Hall–Kier alpha value is 0.370. The molecule has 0 atom stereocenters. The van der Waals surface area contributed by atoms with Crippen LogP contribution in [0.25, 0.3) is 0 Å². The first-order valence-electron chi connectivity index (χ1n) is 2.43. The van der Waals surface area contributed by atoms with Gasteiger partial charge in [0.15, 0.2) is 0 Å². The fourth-order valence-electron chi connectivity index (χ4n) is 0.178. The van der Waals surface area contributed by atoms with Gasteiger partial charge < -0.3 is 0 Å². The Kier molecular flexibility index (Phi) is 4.47. The van der Waals surface area contributed by atoms with Gasteiger partial charge in [-0.1, -0.05) is 24.6 Å². The van der Waals surface area contributed by atoms with Gasteiger partial charge in [0.05, 0.1) is 0 Å². The van der Waals surface area contributed by atoms with Gasteiger partial charge in [-0.25, -0.2) is 0 Å². The second-order valence-electron chi connectivity index (χ2n) is 1.72. The zero-order valence-electron chi connectivity index (χ0n) is 5.30. The second-order valence-corrected chi connectivity index (χ2v) is 4.13. The van der Waals surface area contributed by atoms with Crippen molar-refractivity contribution in [2.45, 2.75) is 13.8 Å². The molecule has 0 aromatic rings. The molecule has 0 saturated carbocycles. The summed E-state index contributed by atoms with van der Waals surface area (Å²) in [6.45, 7) is 3.82. The lowest BCUT2D eigenvalue weighted by Gasteiger charge is -1.97. The first-order chi connectivity index (χ1) is 3.68. The molecule has 48 valence electrons. The molecule has 0 saturated heterocycles. The lowest BCUT2D eigenvalue weighted by Crippen LogP contribution is -1.98. The highest BCUT2D eigenvalue weighted by Crippen LogP contribution is 2.21. The number of rotatable bonds is 2. The third-order valence-electron chi connectivity index (χ3n) is 0.637. The van der Waals surface area contributed by atoms with E-state index in [9.17, 15) is 4.79 Å².